The molecule has 0 spiro atoms. The highest BCUT2D eigenvalue weighted by Crippen LogP contribution is 2.36. The van der Waals surface area contributed by atoms with Gasteiger partial charge in [-0.25, -0.2) is 0 Å². The first-order chi connectivity index (χ1) is 9.81. The number of pyridine rings is 1. The molecular weight excluding hydrogens is 286 g/mol. The van der Waals surface area contributed by atoms with Gasteiger partial charge in [-0.1, -0.05) is 0 Å². The Morgan fingerprint density at radius 2 is 2.19 bits per heavy atom. The third-order valence-corrected chi connectivity index (χ3v) is 4.58. The van der Waals surface area contributed by atoms with Crippen molar-refractivity contribution in [3.63, 3.8) is 0 Å². The molecule has 2 aromatic rings. The lowest BCUT2D eigenvalue weighted by Crippen LogP contribution is -2.29. The number of thiophene rings is 1. The van der Waals surface area contributed by atoms with E-state index in [2.05, 4.69) is 4.98 Å². The number of aliphatic hydroxyl groups is 1. The number of aryl methyl sites for hydroxylation is 2. The molecule has 1 atom stereocenters. The molecule has 0 aliphatic rings. The molecule has 0 fully saturated rings. The first-order valence-corrected chi connectivity index (χ1v) is 7.72. The van der Waals surface area contributed by atoms with Gasteiger partial charge in [0.2, 0.25) is 0 Å². The zero-order valence-electron chi connectivity index (χ0n) is 12.8. The van der Waals surface area contributed by atoms with E-state index < -0.39 is 6.10 Å². The van der Waals surface area contributed by atoms with Gasteiger partial charge >= 0.3 is 0 Å². The van der Waals surface area contributed by atoms with E-state index >= 15 is 0 Å². The van der Waals surface area contributed by atoms with E-state index in [1.165, 1.54) is 11.3 Å². The third-order valence-electron chi connectivity index (χ3n) is 3.44. The highest BCUT2D eigenvalue weighted by Gasteiger charge is 2.21. The predicted octanol–water partition coefficient (Wildman–Crippen LogP) is 2.34. The fourth-order valence-electron chi connectivity index (χ4n) is 2.29. The fourth-order valence-corrected chi connectivity index (χ4v) is 3.56. The highest BCUT2D eigenvalue weighted by molar-refractivity contribution is 7.21. The van der Waals surface area contributed by atoms with Crippen molar-refractivity contribution in [1.29, 1.82) is 0 Å². The zero-order valence-corrected chi connectivity index (χ0v) is 13.6. The van der Waals surface area contributed by atoms with Crippen molar-refractivity contribution >= 4 is 33.0 Å². The number of carbonyl (C=O) groups excluding carboxylic acids is 1. The molecule has 114 valence electrons. The van der Waals surface area contributed by atoms with Gasteiger partial charge in [-0.2, -0.15) is 0 Å². The Kier molecular flexibility index (Phi) is 4.49. The second-order valence-corrected chi connectivity index (χ2v) is 6.48. The Hall–Kier alpha value is -1.66. The number of nitrogen functional groups attached to an aromatic ring is 1. The summed E-state index contributed by atoms with van der Waals surface area (Å²) in [6.07, 6.45) is 0.126. The van der Waals surface area contributed by atoms with Crippen LogP contribution < -0.4 is 5.73 Å². The van der Waals surface area contributed by atoms with E-state index in [4.69, 9.17) is 5.73 Å². The number of aliphatic hydroxyl groups excluding tert-OH is 1. The summed E-state index contributed by atoms with van der Waals surface area (Å²) in [5.74, 6) is -0.105. The van der Waals surface area contributed by atoms with Gasteiger partial charge in [0.1, 0.15) is 4.88 Å². The van der Waals surface area contributed by atoms with Crippen LogP contribution in [0.5, 0.6) is 0 Å². The normalized spacial score (nSPS) is 12.6. The van der Waals surface area contributed by atoms with Gasteiger partial charge in [-0.15, -0.1) is 11.3 Å². The number of hydrogen-bond donors (Lipinski definition) is 2. The van der Waals surface area contributed by atoms with Crippen LogP contribution in [0, 0.1) is 13.8 Å². The minimum atomic E-state index is -0.422. The molecule has 0 saturated carbocycles. The van der Waals surface area contributed by atoms with Gasteiger partial charge in [-0.3, -0.25) is 9.78 Å². The Labute approximate surface area is 128 Å². The van der Waals surface area contributed by atoms with Crippen LogP contribution in [-0.2, 0) is 0 Å². The van der Waals surface area contributed by atoms with Gasteiger partial charge in [-0.05, 0) is 33.3 Å². The molecule has 2 rings (SSSR count). The van der Waals surface area contributed by atoms with E-state index in [0.717, 1.165) is 21.5 Å². The Bertz CT molecular complexity index is 679. The number of nitrogens with two attached hydrogens (primary N) is 1. The summed E-state index contributed by atoms with van der Waals surface area (Å²) in [6, 6.07) is 1.95. The fraction of sp³-hybridized carbons (Fsp3) is 0.467. The van der Waals surface area contributed by atoms with Crippen LogP contribution in [-0.4, -0.2) is 40.6 Å². The summed E-state index contributed by atoms with van der Waals surface area (Å²) >= 11 is 1.40. The quantitative estimate of drug-likeness (QED) is 0.908. The number of aromatic nitrogens is 1. The summed E-state index contributed by atoms with van der Waals surface area (Å²) in [4.78, 5) is 19.1. The van der Waals surface area contributed by atoms with Gasteiger partial charge < -0.3 is 15.7 Å². The largest absolute Gasteiger partial charge is 0.397 e. The van der Waals surface area contributed by atoms with E-state index in [-0.39, 0.29) is 5.91 Å². The van der Waals surface area contributed by atoms with Gasteiger partial charge in [0, 0.05) is 35.1 Å². The standard InChI is InChI=1S/C15H21N3O2S/c1-8-7-11-12(10(3)17-8)13(16)14(21-11)15(20)18(4)6-5-9(2)19/h7,9,19H,5-6,16H2,1-4H3. The van der Waals surface area contributed by atoms with Crippen LogP contribution in [0.15, 0.2) is 6.07 Å². The number of hydrogen-bond acceptors (Lipinski definition) is 5. The first-order valence-electron chi connectivity index (χ1n) is 6.91. The Morgan fingerprint density at radius 1 is 1.52 bits per heavy atom. The van der Waals surface area contributed by atoms with Crippen molar-refractivity contribution in [2.75, 3.05) is 19.3 Å². The van der Waals surface area contributed by atoms with E-state index in [0.29, 0.717) is 23.5 Å². The molecule has 0 radical (unpaired) electrons. The summed E-state index contributed by atoms with van der Waals surface area (Å²) in [7, 11) is 1.73. The van der Waals surface area contributed by atoms with Gasteiger partial charge in [0.25, 0.3) is 5.91 Å². The molecule has 2 heterocycles. The molecule has 6 heteroatoms. The number of amides is 1. The van der Waals surface area contributed by atoms with Gasteiger partial charge in [0.15, 0.2) is 0 Å². The van der Waals surface area contributed by atoms with Crippen molar-refractivity contribution in [3.8, 4) is 0 Å². The molecule has 0 aliphatic heterocycles. The molecule has 1 unspecified atom stereocenters. The number of fused-ring (bicyclic) bond motifs is 1. The maximum absolute atomic E-state index is 12.5. The topological polar surface area (TPSA) is 79.5 Å². The van der Waals surface area contributed by atoms with Crippen LogP contribution in [0.3, 0.4) is 0 Å². The average molecular weight is 307 g/mol. The minimum Gasteiger partial charge on any atom is -0.397 e. The average Bonchev–Trinajstić information content (AvgIpc) is 2.72. The maximum atomic E-state index is 12.5. The van der Waals surface area contributed by atoms with Crippen molar-refractivity contribution in [3.05, 3.63) is 22.3 Å². The Balaban J connectivity index is 2.36. The molecule has 0 bridgehead atoms. The molecule has 21 heavy (non-hydrogen) atoms. The van der Waals surface area contributed by atoms with Crippen LogP contribution in [0.4, 0.5) is 5.69 Å². The van der Waals surface area contributed by atoms with Crippen molar-refractivity contribution in [1.82, 2.24) is 9.88 Å². The molecule has 0 saturated heterocycles. The molecule has 0 aliphatic carbocycles. The molecular formula is C15H21N3O2S. The summed E-state index contributed by atoms with van der Waals surface area (Å²) in [5, 5.41) is 10.2. The number of rotatable bonds is 4. The van der Waals surface area contributed by atoms with Crippen molar-refractivity contribution < 1.29 is 9.90 Å². The summed E-state index contributed by atoms with van der Waals surface area (Å²) < 4.78 is 0.991. The van der Waals surface area contributed by atoms with Crippen LogP contribution >= 0.6 is 11.3 Å². The lowest BCUT2D eigenvalue weighted by molar-refractivity contribution is 0.0774. The van der Waals surface area contributed by atoms with E-state index in [1.54, 1.807) is 18.9 Å². The summed E-state index contributed by atoms with van der Waals surface area (Å²) in [6.45, 7) is 6.05. The smallest absolute Gasteiger partial charge is 0.265 e. The second-order valence-electron chi connectivity index (χ2n) is 5.43. The Morgan fingerprint density at radius 3 is 2.81 bits per heavy atom. The molecule has 1 amide bonds. The van der Waals surface area contributed by atoms with Gasteiger partial charge in [0.05, 0.1) is 11.8 Å². The zero-order chi connectivity index (χ0) is 15.7. The van der Waals surface area contributed by atoms with E-state index in [9.17, 15) is 9.90 Å². The predicted molar refractivity (Wildman–Crippen MR) is 86.8 cm³/mol. The van der Waals surface area contributed by atoms with Crippen LogP contribution in [0.2, 0.25) is 0 Å². The lowest BCUT2D eigenvalue weighted by atomic mass is 10.2. The SMILES string of the molecule is Cc1cc2sc(C(=O)N(C)CCC(C)O)c(N)c2c(C)n1. The lowest BCUT2D eigenvalue weighted by Gasteiger charge is -2.17. The van der Waals surface area contributed by atoms with E-state index in [1.807, 2.05) is 19.9 Å². The molecule has 0 aromatic carbocycles. The molecule has 5 nitrogen and oxygen atoms in total. The molecule has 2 aromatic heterocycles. The maximum Gasteiger partial charge on any atom is 0.265 e. The third kappa shape index (κ3) is 3.16. The summed E-state index contributed by atoms with van der Waals surface area (Å²) in [5.41, 5.74) is 8.44. The second kappa shape index (κ2) is 5.99. The molecule has 3 N–H and O–H groups in total. The number of carbonyl (C=O) groups is 1. The van der Waals surface area contributed by atoms with Crippen molar-refractivity contribution in [2.24, 2.45) is 0 Å². The minimum absolute atomic E-state index is 0.105. The van der Waals surface area contributed by atoms with Crippen molar-refractivity contribution in [2.45, 2.75) is 33.3 Å². The number of nitrogens with zero attached hydrogens (tertiary/aromatic N) is 2. The monoisotopic (exact) mass is 307 g/mol. The first kappa shape index (κ1) is 15.7. The van der Waals surface area contributed by atoms with Crippen LogP contribution in [0.25, 0.3) is 10.1 Å². The number of anilines is 1. The highest BCUT2D eigenvalue weighted by atomic mass is 32.1. The van der Waals surface area contributed by atoms with Crippen LogP contribution in [0.1, 0.15) is 34.4 Å².